The van der Waals surface area contributed by atoms with E-state index in [-0.39, 0.29) is 5.91 Å². The lowest BCUT2D eigenvalue weighted by Crippen LogP contribution is -2.33. The SMILES string of the molecule is CCCN1CCC(c2nc(C(=O)Nc3ccccc3N3CCCCC3)cs2)CC1. The molecule has 0 bridgehead atoms. The van der Waals surface area contributed by atoms with Crippen molar-refractivity contribution >= 4 is 28.6 Å². The van der Waals surface area contributed by atoms with Crippen LogP contribution in [0.1, 0.15) is 66.9 Å². The summed E-state index contributed by atoms with van der Waals surface area (Å²) in [5.74, 6) is 0.399. The molecule has 2 saturated heterocycles. The minimum Gasteiger partial charge on any atom is -0.370 e. The Morgan fingerprint density at radius 3 is 2.66 bits per heavy atom. The monoisotopic (exact) mass is 412 g/mol. The molecule has 3 heterocycles. The van der Waals surface area contributed by atoms with Crippen LogP contribution in [0.3, 0.4) is 0 Å². The number of carbonyl (C=O) groups is 1. The summed E-state index contributed by atoms with van der Waals surface area (Å²) >= 11 is 1.64. The lowest BCUT2D eigenvalue weighted by atomic mass is 9.97. The van der Waals surface area contributed by atoms with Crippen molar-refractivity contribution in [2.45, 2.75) is 51.4 Å². The molecule has 29 heavy (non-hydrogen) atoms. The van der Waals surface area contributed by atoms with Crippen molar-refractivity contribution < 1.29 is 4.79 Å². The van der Waals surface area contributed by atoms with Gasteiger partial charge in [-0.25, -0.2) is 4.98 Å². The zero-order valence-electron chi connectivity index (χ0n) is 17.4. The molecule has 2 aliphatic rings. The molecule has 1 aromatic heterocycles. The second-order valence-corrected chi connectivity index (χ2v) is 9.10. The Morgan fingerprint density at radius 2 is 1.90 bits per heavy atom. The summed E-state index contributed by atoms with van der Waals surface area (Å²) in [7, 11) is 0. The Hall–Kier alpha value is -1.92. The third-order valence-corrected chi connectivity index (χ3v) is 7.09. The fraction of sp³-hybridized carbons (Fsp3) is 0.565. The molecule has 2 aromatic rings. The number of para-hydroxylation sites is 2. The van der Waals surface area contributed by atoms with Crippen LogP contribution in [-0.2, 0) is 0 Å². The second-order valence-electron chi connectivity index (χ2n) is 8.21. The number of hydrogen-bond donors (Lipinski definition) is 1. The molecule has 0 radical (unpaired) electrons. The number of piperidine rings is 2. The van der Waals surface area contributed by atoms with Crippen molar-refractivity contribution in [2.24, 2.45) is 0 Å². The smallest absolute Gasteiger partial charge is 0.275 e. The van der Waals surface area contributed by atoms with Crippen LogP contribution in [0.4, 0.5) is 11.4 Å². The van der Waals surface area contributed by atoms with Crippen molar-refractivity contribution in [3.05, 3.63) is 40.3 Å². The predicted molar refractivity (Wildman–Crippen MR) is 121 cm³/mol. The number of hydrogen-bond acceptors (Lipinski definition) is 5. The molecule has 2 fully saturated rings. The molecule has 156 valence electrons. The van der Waals surface area contributed by atoms with Gasteiger partial charge >= 0.3 is 0 Å². The first-order chi connectivity index (χ1) is 14.2. The highest BCUT2D eigenvalue weighted by Gasteiger charge is 2.24. The maximum Gasteiger partial charge on any atom is 0.275 e. The summed E-state index contributed by atoms with van der Waals surface area (Å²) in [6.07, 6.45) is 7.23. The summed E-state index contributed by atoms with van der Waals surface area (Å²) in [6, 6.07) is 8.14. The summed E-state index contributed by atoms with van der Waals surface area (Å²) in [4.78, 5) is 22.5. The molecule has 0 saturated carbocycles. The fourth-order valence-corrected chi connectivity index (χ4v) is 5.45. The topological polar surface area (TPSA) is 48.5 Å². The van der Waals surface area contributed by atoms with Crippen molar-refractivity contribution in [3.8, 4) is 0 Å². The Morgan fingerprint density at radius 1 is 1.14 bits per heavy atom. The van der Waals surface area contributed by atoms with Crippen LogP contribution in [-0.4, -0.2) is 48.5 Å². The molecule has 5 nitrogen and oxygen atoms in total. The van der Waals surface area contributed by atoms with E-state index in [1.807, 2.05) is 23.6 Å². The first-order valence-electron chi connectivity index (χ1n) is 11.1. The number of anilines is 2. The van der Waals surface area contributed by atoms with E-state index in [1.54, 1.807) is 11.3 Å². The molecule has 4 rings (SSSR count). The van der Waals surface area contributed by atoms with E-state index in [2.05, 4.69) is 28.1 Å². The largest absolute Gasteiger partial charge is 0.370 e. The molecule has 6 heteroatoms. The van der Waals surface area contributed by atoms with Crippen LogP contribution in [0.25, 0.3) is 0 Å². The van der Waals surface area contributed by atoms with Crippen LogP contribution in [0.15, 0.2) is 29.6 Å². The Kier molecular flexibility index (Phi) is 6.82. The number of likely N-dealkylation sites (tertiary alicyclic amines) is 1. The second kappa shape index (κ2) is 9.72. The van der Waals surface area contributed by atoms with Gasteiger partial charge in [0.25, 0.3) is 5.91 Å². The molecule has 0 spiro atoms. The number of carbonyl (C=O) groups excluding carboxylic acids is 1. The van der Waals surface area contributed by atoms with Gasteiger partial charge in [-0.2, -0.15) is 0 Å². The quantitative estimate of drug-likeness (QED) is 0.727. The lowest BCUT2D eigenvalue weighted by molar-refractivity contribution is 0.102. The average molecular weight is 413 g/mol. The molecule has 2 aliphatic heterocycles. The van der Waals surface area contributed by atoms with Gasteiger partial charge in [-0.1, -0.05) is 19.1 Å². The molecule has 1 amide bonds. The van der Waals surface area contributed by atoms with Crippen LogP contribution in [0.5, 0.6) is 0 Å². The molecule has 0 atom stereocenters. The van der Waals surface area contributed by atoms with E-state index in [0.29, 0.717) is 11.6 Å². The van der Waals surface area contributed by atoms with Crippen molar-refractivity contribution in [3.63, 3.8) is 0 Å². The normalized spacial score (nSPS) is 18.7. The van der Waals surface area contributed by atoms with E-state index in [4.69, 9.17) is 4.98 Å². The van der Waals surface area contributed by atoms with E-state index in [9.17, 15) is 4.79 Å². The third kappa shape index (κ3) is 4.98. The number of amides is 1. The molecular formula is C23H32N4OS. The maximum absolute atomic E-state index is 12.9. The van der Waals surface area contributed by atoms with Crippen molar-refractivity contribution in [2.75, 3.05) is 42.9 Å². The van der Waals surface area contributed by atoms with Gasteiger partial charge in [-0.15, -0.1) is 11.3 Å². The fourth-order valence-electron chi connectivity index (χ4n) is 4.48. The number of nitrogens with one attached hydrogen (secondary N) is 1. The maximum atomic E-state index is 12.9. The first kappa shape index (κ1) is 20.4. The molecule has 1 N–H and O–H groups in total. The van der Waals surface area contributed by atoms with E-state index < -0.39 is 0 Å². The Balaban J connectivity index is 1.40. The van der Waals surface area contributed by atoms with Gasteiger partial charge in [0, 0.05) is 24.4 Å². The van der Waals surface area contributed by atoms with Gasteiger partial charge in [0.15, 0.2) is 0 Å². The molecule has 0 aliphatic carbocycles. The minimum absolute atomic E-state index is 0.0969. The van der Waals surface area contributed by atoms with Gasteiger partial charge < -0.3 is 15.1 Å². The van der Waals surface area contributed by atoms with Gasteiger partial charge in [0.2, 0.25) is 0 Å². The number of aromatic nitrogens is 1. The minimum atomic E-state index is -0.0969. The summed E-state index contributed by atoms with van der Waals surface area (Å²) < 4.78 is 0. The lowest BCUT2D eigenvalue weighted by Gasteiger charge is -2.30. The standard InChI is InChI=1S/C23H32N4OS/c1-2-12-26-15-10-18(11-16-26)23-25-20(17-29-23)22(28)24-19-8-4-5-9-21(19)27-13-6-3-7-14-27/h4-5,8-9,17-18H,2-3,6-7,10-16H2,1H3,(H,24,28). The van der Waals surface area contributed by atoms with Crippen LogP contribution >= 0.6 is 11.3 Å². The third-order valence-electron chi connectivity index (χ3n) is 6.08. The average Bonchev–Trinajstić information content (AvgIpc) is 3.26. The number of thiazole rings is 1. The molecule has 0 unspecified atom stereocenters. The number of benzene rings is 1. The van der Waals surface area contributed by atoms with Crippen molar-refractivity contribution in [1.82, 2.24) is 9.88 Å². The Bertz CT molecular complexity index is 807. The summed E-state index contributed by atoms with van der Waals surface area (Å²) in [5.41, 5.74) is 2.57. The Labute approximate surface area is 178 Å². The van der Waals surface area contributed by atoms with Crippen LogP contribution < -0.4 is 10.2 Å². The van der Waals surface area contributed by atoms with E-state index >= 15 is 0 Å². The number of rotatable bonds is 6. The van der Waals surface area contributed by atoms with E-state index in [0.717, 1.165) is 55.4 Å². The van der Waals surface area contributed by atoms with E-state index in [1.165, 1.54) is 32.2 Å². The van der Waals surface area contributed by atoms with Gasteiger partial charge in [0.1, 0.15) is 5.69 Å². The number of nitrogens with zero attached hydrogens (tertiary/aromatic N) is 3. The van der Waals surface area contributed by atoms with Crippen molar-refractivity contribution in [1.29, 1.82) is 0 Å². The summed E-state index contributed by atoms with van der Waals surface area (Å²) in [5, 5.41) is 6.16. The van der Waals surface area contributed by atoms with Gasteiger partial charge in [0.05, 0.1) is 16.4 Å². The first-order valence-corrected chi connectivity index (χ1v) is 12.0. The zero-order valence-corrected chi connectivity index (χ0v) is 18.2. The van der Waals surface area contributed by atoms with Gasteiger partial charge in [-0.05, 0) is 70.3 Å². The molecule has 1 aromatic carbocycles. The van der Waals surface area contributed by atoms with Crippen LogP contribution in [0, 0.1) is 0 Å². The predicted octanol–water partition coefficient (Wildman–Crippen LogP) is 4.98. The molecular weight excluding hydrogens is 380 g/mol. The summed E-state index contributed by atoms with van der Waals surface area (Å²) in [6.45, 7) is 7.83. The highest BCUT2D eigenvalue weighted by molar-refractivity contribution is 7.10. The zero-order chi connectivity index (χ0) is 20.1. The van der Waals surface area contributed by atoms with Crippen LogP contribution in [0.2, 0.25) is 0 Å². The van der Waals surface area contributed by atoms with Gasteiger partial charge in [-0.3, -0.25) is 4.79 Å². The highest BCUT2D eigenvalue weighted by Crippen LogP contribution is 2.32. The highest BCUT2D eigenvalue weighted by atomic mass is 32.1.